The van der Waals surface area contributed by atoms with Crippen LogP contribution in [0.25, 0.3) is 5.69 Å². The van der Waals surface area contributed by atoms with E-state index in [1.807, 2.05) is 61.5 Å². The molecular weight excluding hydrogens is 505 g/mol. The molecule has 0 atom stereocenters. The molecule has 1 aromatic heterocycles. The summed E-state index contributed by atoms with van der Waals surface area (Å²) in [6, 6.07) is 21.2. The first-order chi connectivity index (χ1) is 17.2. The lowest BCUT2D eigenvalue weighted by atomic mass is 10.2. The van der Waals surface area contributed by atoms with Gasteiger partial charge in [0.25, 0.3) is 0 Å². The Bertz CT molecular complexity index is 1220. The molecule has 1 heterocycles. The van der Waals surface area contributed by atoms with Crippen molar-refractivity contribution < 1.29 is 9.47 Å². The van der Waals surface area contributed by atoms with E-state index in [-0.39, 0.29) is 6.61 Å². The molecule has 0 aliphatic rings. The summed E-state index contributed by atoms with van der Waals surface area (Å²) in [5, 5.41) is 17.4. The lowest BCUT2D eigenvalue weighted by molar-refractivity contribution is 0.269. The Hall–Kier alpha value is -2.78. The Morgan fingerprint density at radius 3 is 2.51 bits per heavy atom. The molecule has 0 saturated carbocycles. The number of benzene rings is 3. The van der Waals surface area contributed by atoms with Crippen LogP contribution in [0.3, 0.4) is 0 Å². The molecule has 0 aliphatic heterocycles. The zero-order valence-electron chi connectivity index (χ0n) is 19.2. The molecule has 0 radical (unpaired) electrons. The number of nitrogens with zero attached hydrogens (tertiary/aromatic N) is 4. The van der Waals surface area contributed by atoms with Crippen LogP contribution in [0, 0.1) is 0 Å². The predicted octanol–water partition coefficient (Wildman–Crippen LogP) is 5.83. The maximum absolute atomic E-state index is 6.26. The van der Waals surface area contributed by atoms with Gasteiger partial charge in [-0.25, -0.2) is 0 Å². The first kappa shape index (κ1) is 25.3. The monoisotopic (exact) mass is 529 g/mol. The number of ether oxygens (including phenoxy) is 2. The number of nitrogens with one attached hydrogen (secondary N) is 1. The van der Waals surface area contributed by atoms with Crippen molar-refractivity contribution in [3.63, 3.8) is 0 Å². The number of para-hydroxylation sites is 1. The van der Waals surface area contributed by atoms with Crippen molar-refractivity contribution in [3.8, 4) is 17.2 Å². The molecule has 0 spiro atoms. The van der Waals surface area contributed by atoms with Crippen LogP contribution in [-0.4, -0.2) is 39.1 Å². The van der Waals surface area contributed by atoms with Gasteiger partial charge in [-0.05, 0) is 59.3 Å². The molecule has 0 bridgehead atoms. The molecule has 0 unspecified atom stereocenters. The van der Waals surface area contributed by atoms with Crippen molar-refractivity contribution in [2.24, 2.45) is 0 Å². The van der Waals surface area contributed by atoms with E-state index in [4.69, 9.17) is 32.7 Å². The summed E-state index contributed by atoms with van der Waals surface area (Å²) >= 11 is 14.1. The second-order valence-electron chi connectivity index (χ2n) is 7.44. The Morgan fingerprint density at radius 1 is 0.943 bits per heavy atom. The summed E-state index contributed by atoms with van der Waals surface area (Å²) in [5.74, 6) is 2.16. The smallest absolute Gasteiger partial charge is 0.214 e. The van der Waals surface area contributed by atoms with Gasteiger partial charge in [0.05, 0.1) is 12.3 Å². The van der Waals surface area contributed by atoms with Crippen LogP contribution in [0.15, 0.2) is 71.9 Å². The van der Waals surface area contributed by atoms with Gasteiger partial charge in [-0.3, -0.25) is 0 Å². The normalized spacial score (nSPS) is 10.9. The van der Waals surface area contributed by atoms with Crippen molar-refractivity contribution in [3.05, 3.63) is 87.9 Å². The first-order valence-corrected chi connectivity index (χ1v) is 12.9. The molecule has 0 saturated heterocycles. The molecule has 35 heavy (non-hydrogen) atoms. The highest BCUT2D eigenvalue weighted by Gasteiger charge is 2.11. The maximum Gasteiger partial charge on any atom is 0.214 e. The van der Waals surface area contributed by atoms with E-state index in [0.717, 1.165) is 34.3 Å². The lowest BCUT2D eigenvalue weighted by Crippen LogP contribution is -2.17. The van der Waals surface area contributed by atoms with E-state index in [9.17, 15) is 0 Å². The number of rotatable bonds is 12. The molecular formula is C25H25Cl2N5O2S. The highest BCUT2D eigenvalue weighted by atomic mass is 35.5. The molecule has 0 aliphatic carbocycles. The molecule has 182 valence electrons. The predicted molar refractivity (Wildman–Crippen MR) is 140 cm³/mol. The van der Waals surface area contributed by atoms with Crippen LogP contribution in [0.4, 0.5) is 0 Å². The largest absolute Gasteiger partial charge is 0.490 e. The van der Waals surface area contributed by atoms with Crippen LogP contribution >= 0.6 is 35.0 Å². The van der Waals surface area contributed by atoms with Crippen LogP contribution in [0.2, 0.25) is 10.0 Å². The minimum atomic E-state index is 0.260. The molecule has 0 amide bonds. The number of thioether (sulfide) groups is 1. The van der Waals surface area contributed by atoms with E-state index in [1.165, 1.54) is 0 Å². The van der Waals surface area contributed by atoms with Gasteiger partial charge in [-0.2, -0.15) is 4.68 Å². The van der Waals surface area contributed by atoms with Gasteiger partial charge in [0.2, 0.25) is 5.16 Å². The van der Waals surface area contributed by atoms with E-state index >= 15 is 0 Å². The summed E-state index contributed by atoms with van der Waals surface area (Å²) < 4.78 is 13.5. The average molecular weight is 530 g/mol. The van der Waals surface area contributed by atoms with Crippen molar-refractivity contribution in [2.45, 2.75) is 25.2 Å². The highest BCUT2D eigenvalue weighted by molar-refractivity contribution is 7.99. The zero-order chi connectivity index (χ0) is 24.5. The van der Waals surface area contributed by atoms with Crippen LogP contribution in [-0.2, 0) is 13.2 Å². The van der Waals surface area contributed by atoms with E-state index in [0.29, 0.717) is 34.7 Å². The first-order valence-electron chi connectivity index (χ1n) is 11.1. The SMILES string of the molecule is CCOc1cc(CNCCSc2nnnn2-c2ccccc2)ccc1OCc1c(Cl)cccc1Cl. The summed E-state index contributed by atoms with van der Waals surface area (Å²) in [6.45, 7) is 4.23. The summed E-state index contributed by atoms with van der Waals surface area (Å²) in [7, 11) is 0. The topological polar surface area (TPSA) is 74.1 Å². The third-order valence-corrected chi connectivity index (χ3v) is 6.65. The quantitative estimate of drug-likeness (QED) is 0.183. The fraction of sp³-hybridized carbons (Fsp3) is 0.240. The van der Waals surface area contributed by atoms with Crippen molar-refractivity contribution in [1.82, 2.24) is 25.5 Å². The van der Waals surface area contributed by atoms with E-state index in [2.05, 4.69) is 20.8 Å². The number of aromatic nitrogens is 4. The summed E-state index contributed by atoms with van der Waals surface area (Å²) in [4.78, 5) is 0. The Kier molecular flexibility index (Phi) is 9.25. The number of hydrogen-bond donors (Lipinski definition) is 1. The Balaban J connectivity index is 1.29. The number of tetrazole rings is 1. The minimum absolute atomic E-state index is 0.260. The zero-order valence-corrected chi connectivity index (χ0v) is 21.5. The van der Waals surface area contributed by atoms with Crippen LogP contribution < -0.4 is 14.8 Å². The van der Waals surface area contributed by atoms with E-state index < -0.39 is 0 Å². The molecule has 4 rings (SSSR count). The molecule has 10 heteroatoms. The van der Waals surface area contributed by atoms with Crippen LogP contribution in [0.5, 0.6) is 11.5 Å². The second kappa shape index (κ2) is 12.8. The fourth-order valence-corrected chi connectivity index (χ4v) is 4.61. The third-order valence-electron chi connectivity index (χ3n) is 5.02. The minimum Gasteiger partial charge on any atom is -0.490 e. The Labute approximate surface area is 218 Å². The van der Waals surface area contributed by atoms with Gasteiger partial charge in [-0.15, -0.1) is 5.10 Å². The van der Waals surface area contributed by atoms with Gasteiger partial charge in [0.1, 0.15) is 6.61 Å². The van der Waals surface area contributed by atoms with Crippen molar-refractivity contribution in [1.29, 1.82) is 0 Å². The molecule has 1 N–H and O–H groups in total. The van der Waals surface area contributed by atoms with Crippen LogP contribution in [0.1, 0.15) is 18.1 Å². The summed E-state index contributed by atoms with van der Waals surface area (Å²) in [6.07, 6.45) is 0. The Morgan fingerprint density at radius 2 is 1.74 bits per heavy atom. The lowest BCUT2D eigenvalue weighted by Gasteiger charge is -2.15. The maximum atomic E-state index is 6.26. The number of hydrogen-bond acceptors (Lipinski definition) is 7. The second-order valence-corrected chi connectivity index (χ2v) is 9.31. The summed E-state index contributed by atoms with van der Waals surface area (Å²) in [5.41, 5.74) is 2.78. The molecule has 3 aromatic carbocycles. The van der Waals surface area contributed by atoms with Crippen molar-refractivity contribution >= 4 is 35.0 Å². The molecule has 4 aromatic rings. The average Bonchev–Trinajstić information content (AvgIpc) is 3.34. The van der Waals surface area contributed by atoms with Gasteiger partial charge in [0, 0.05) is 34.5 Å². The van der Waals surface area contributed by atoms with Gasteiger partial charge in [-0.1, -0.05) is 65.3 Å². The van der Waals surface area contributed by atoms with E-state index in [1.54, 1.807) is 28.6 Å². The highest BCUT2D eigenvalue weighted by Crippen LogP contribution is 2.31. The standard InChI is InChI=1S/C25H25Cl2N5O2S/c1-2-33-24-15-18(11-12-23(24)34-17-20-21(26)9-6-10-22(20)27)16-28-13-14-35-25-29-30-31-32(25)19-7-4-3-5-8-19/h3-12,15,28H,2,13-14,16-17H2,1H3. The fourth-order valence-electron chi connectivity index (χ4n) is 3.32. The molecule has 0 fully saturated rings. The third kappa shape index (κ3) is 6.89. The van der Waals surface area contributed by atoms with Gasteiger partial charge < -0.3 is 14.8 Å². The van der Waals surface area contributed by atoms with Gasteiger partial charge >= 0.3 is 0 Å². The van der Waals surface area contributed by atoms with Crippen molar-refractivity contribution in [2.75, 3.05) is 18.9 Å². The molecule has 7 nitrogen and oxygen atoms in total. The van der Waals surface area contributed by atoms with Gasteiger partial charge in [0.15, 0.2) is 11.5 Å². The number of halogens is 2.